The van der Waals surface area contributed by atoms with Crippen LogP contribution >= 0.6 is 0 Å². The average Bonchev–Trinajstić information content (AvgIpc) is 2.83. The summed E-state index contributed by atoms with van der Waals surface area (Å²) in [5.74, 6) is 0.851. The van der Waals surface area contributed by atoms with Crippen LogP contribution in [0.4, 0.5) is 11.5 Å². The van der Waals surface area contributed by atoms with E-state index in [4.69, 9.17) is 0 Å². The van der Waals surface area contributed by atoms with Crippen molar-refractivity contribution < 1.29 is 0 Å². The molecule has 5 rings (SSSR count). The molecule has 3 aromatic heterocycles. The van der Waals surface area contributed by atoms with Crippen LogP contribution in [-0.4, -0.2) is 33.0 Å². The summed E-state index contributed by atoms with van der Waals surface area (Å²) in [6.45, 7) is 4.90. The van der Waals surface area contributed by atoms with E-state index in [1.807, 2.05) is 31.5 Å². The Balaban J connectivity index is 1.31. The fourth-order valence-corrected chi connectivity index (χ4v) is 4.13. The Morgan fingerprint density at radius 3 is 2.61 bits per heavy atom. The van der Waals surface area contributed by atoms with Gasteiger partial charge in [0.05, 0.1) is 11.2 Å². The van der Waals surface area contributed by atoms with Crippen LogP contribution in [-0.2, 0) is 6.54 Å². The second kappa shape index (κ2) is 8.68. The highest BCUT2D eigenvalue weighted by atomic mass is 15.1. The molecule has 1 aliphatic rings. The molecule has 156 valence electrons. The third kappa shape index (κ3) is 4.33. The number of nitrogens with one attached hydrogen (secondary N) is 1. The molecule has 1 aliphatic heterocycles. The van der Waals surface area contributed by atoms with Crippen molar-refractivity contribution in [3.8, 4) is 11.3 Å². The van der Waals surface area contributed by atoms with Crippen LogP contribution in [0, 0.1) is 6.92 Å². The second-order valence-electron chi connectivity index (χ2n) is 8.06. The van der Waals surface area contributed by atoms with Crippen molar-refractivity contribution in [2.75, 3.05) is 23.3 Å². The topological polar surface area (TPSA) is 66.8 Å². The number of hydrogen-bond donors (Lipinski definition) is 1. The Morgan fingerprint density at radius 2 is 1.81 bits per heavy atom. The standard InChI is InChI=1S/C25H26N6/c1-18-13-20(9-10-26-18)23-8-5-19(15-27-23)16-28-25-22-7-6-21(14-24(22)29-17-30-25)31-11-3-2-4-12-31/h5-10,13-15,17H,2-4,11-12,16H2,1H3,(H,28,29,30). The number of benzene rings is 1. The zero-order chi connectivity index (χ0) is 21.0. The third-order valence-corrected chi connectivity index (χ3v) is 5.82. The predicted molar refractivity (Wildman–Crippen MR) is 125 cm³/mol. The molecule has 0 atom stereocenters. The molecule has 0 radical (unpaired) electrons. The average molecular weight is 411 g/mol. The molecule has 6 heteroatoms. The molecule has 1 aromatic carbocycles. The van der Waals surface area contributed by atoms with Gasteiger partial charge in [-0.1, -0.05) is 6.07 Å². The van der Waals surface area contributed by atoms with Gasteiger partial charge in [0.15, 0.2) is 0 Å². The number of piperidine rings is 1. The number of aryl methyl sites for hydroxylation is 1. The quantitative estimate of drug-likeness (QED) is 0.500. The van der Waals surface area contributed by atoms with Crippen molar-refractivity contribution >= 4 is 22.4 Å². The van der Waals surface area contributed by atoms with Crippen molar-refractivity contribution in [1.82, 2.24) is 19.9 Å². The number of anilines is 2. The normalized spacial score (nSPS) is 14.0. The number of pyridine rings is 2. The van der Waals surface area contributed by atoms with Gasteiger partial charge in [0.25, 0.3) is 0 Å². The van der Waals surface area contributed by atoms with Gasteiger partial charge in [0.1, 0.15) is 12.1 Å². The first-order valence-electron chi connectivity index (χ1n) is 10.9. The Hall–Kier alpha value is -3.54. The maximum absolute atomic E-state index is 4.62. The summed E-state index contributed by atoms with van der Waals surface area (Å²) in [6.07, 6.45) is 9.23. The molecule has 4 aromatic rings. The van der Waals surface area contributed by atoms with Crippen LogP contribution in [0.3, 0.4) is 0 Å². The number of hydrogen-bond acceptors (Lipinski definition) is 6. The van der Waals surface area contributed by atoms with Crippen LogP contribution < -0.4 is 10.2 Å². The highest BCUT2D eigenvalue weighted by Crippen LogP contribution is 2.27. The minimum atomic E-state index is 0.655. The van der Waals surface area contributed by atoms with Crippen molar-refractivity contribution in [3.63, 3.8) is 0 Å². The van der Waals surface area contributed by atoms with Crippen LogP contribution in [0.2, 0.25) is 0 Å². The number of fused-ring (bicyclic) bond motifs is 1. The van der Waals surface area contributed by atoms with Crippen LogP contribution in [0.25, 0.3) is 22.2 Å². The molecule has 0 bridgehead atoms. The van der Waals surface area contributed by atoms with Gasteiger partial charge >= 0.3 is 0 Å². The largest absolute Gasteiger partial charge is 0.371 e. The minimum Gasteiger partial charge on any atom is -0.371 e. The minimum absolute atomic E-state index is 0.655. The fraction of sp³-hybridized carbons (Fsp3) is 0.280. The van der Waals surface area contributed by atoms with E-state index in [-0.39, 0.29) is 0 Å². The zero-order valence-electron chi connectivity index (χ0n) is 17.8. The van der Waals surface area contributed by atoms with Crippen molar-refractivity contribution in [3.05, 3.63) is 72.4 Å². The molecule has 1 saturated heterocycles. The summed E-state index contributed by atoms with van der Waals surface area (Å²) >= 11 is 0. The summed E-state index contributed by atoms with van der Waals surface area (Å²) in [5, 5.41) is 4.50. The Morgan fingerprint density at radius 1 is 0.903 bits per heavy atom. The molecule has 0 aliphatic carbocycles. The maximum Gasteiger partial charge on any atom is 0.137 e. The van der Waals surface area contributed by atoms with Gasteiger partial charge in [-0.2, -0.15) is 0 Å². The Bertz CT molecular complexity index is 1180. The van der Waals surface area contributed by atoms with E-state index in [0.29, 0.717) is 6.54 Å². The van der Waals surface area contributed by atoms with Crippen molar-refractivity contribution in [2.45, 2.75) is 32.7 Å². The van der Waals surface area contributed by atoms with Crippen LogP contribution in [0.15, 0.2) is 61.2 Å². The maximum atomic E-state index is 4.62. The van der Waals surface area contributed by atoms with E-state index in [1.165, 1.54) is 24.9 Å². The monoisotopic (exact) mass is 410 g/mol. The lowest BCUT2D eigenvalue weighted by Crippen LogP contribution is -2.29. The Kier molecular flexibility index (Phi) is 5.44. The van der Waals surface area contributed by atoms with Crippen molar-refractivity contribution in [2.24, 2.45) is 0 Å². The van der Waals surface area contributed by atoms with Crippen molar-refractivity contribution in [1.29, 1.82) is 0 Å². The van der Waals surface area contributed by atoms with Gasteiger partial charge < -0.3 is 10.2 Å². The van der Waals surface area contributed by atoms with Gasteiger partial charge in [-0.15, -0.1) is 0 Å². The number of aromatic nitrogens is 4. The second-order valence-corrected chi connectivity index (χ2v) is 8.06. The predicted octanol–water partition coefficient (Wildman–Crippen LogP) is 5.00. The number of nitrogens with zero attached hydrogens (tertiary/aromatic N) is 5. The first-order chi connectivity index (χ1) is 15.3. The van der Waals surface area contributed by atoms with Gasteiger partial charge in [-0.3, -0.25) is 9.97 Å². The van der Waals surface area contributed by atoms with Gasteiger partial charge in [0.2, 0.25) is 0 Å². The molecule has 0 unspecified atom stereocenters. The fourth-order valence-electron chi connectivity index (χ4n) is 4.13. The molecule has 6 nitrogen and oxygen atoms in total. The van der Waals surface area contributed by atoms with Crippen LogP contribution in [0.5, 0.6) is 0 Å². The molecule has 4 heterocycles. The summed E-state index contributed by atoms with van der Waals surface area (Å²) in [6, 6.07) is 14.7. The summed E-state index contributed by atoms with van der Waals surface area (Å²) in [7, 11) is 0. The van der Waals surface area contributed by atoms with E-state index in [1.54, 1.807) is 6.33 Å². The van der Waals surface area contributed by atoms with Gasteiger partial charge in [0, 0.05) is 54.4 Å². The highest BCUT2D eigenvalue weighted by Gasteiger charge is 2.12. The molecule has 0 amide bonds. The number of rotatable bonds is 5. The highest BCUT2D eigenvalue weighted by molar-refractivity contribution is 5.91. The van der Waals surface area contributed by atoms with E-state index >= 15 is 0 Å². The van der Waals surface area contributed by atoms with Gasteiger partial charge in [-0.25, -0.2) is 9.97 Å². The zero-order valence-corrected chi connectivity index (χ0v) is 17.8. The molecular formula is C25H26N6. The molecule has 0 saturated carbocycles. The molecular weight excluding hydrogens is 384 g/mol. The van der Waals surface area contributed by atoms with Crippen LogP contribution in [0.1, 0.15) is 30.5 Å². The summed E-state index contributed by atoms with van der Waals surface area (Å²) in [4.78, 5) is 20.3. The van der Waals surface area contributed by atoms with E-state index in [9.17, 15) is 0 Å². The molecule has 1 fully saturated rings. The molecule has 1 N–H and O–H groups in total. The lowest BCUT2D eigenvalue weighted by atomic mass is 10.1. The Labute approximate surface area is 182 Å². The van der Waals surface area contributed by atoms with E-state index in [2.05, 4.69) is 60.5 Å². The van der Waals surface area contributed by atoms with Gasteiger partial charge in [-0.05, 0) is 68.1 Å². The first-order valence-corrected chi connectivity index (χ1v) is 10.9. The summed E-state index contributed by atoms with van der Waals surface area (Å²) in [5.41, 5.74) is 6.35. The van der Waals surface area contributed by atoms with E-state index in [0.717, 1.165) is 52.3 Å². The molecule has 31 heavy (non-hydrogen) atoms. The molecule has 0 spiro atoms. The smallest absolute Gasteiger partial charge is 0.137 e. The lowest BCUT2D eigenvalue weighted by molar-refractivity contribution is 0.578. The lowest BCUT2D eigenvalue weighted by Gasteiger charge is -2.29. The summed E-state index contributed by atoms with van der Waals surface area (Å²) < 4.78 is 0. The third-order valence-electron chi connectivity index (χ3n) is 5.82. The van der Waals surface area contributed by atoms with E-state index < -0.39 is 0 Å². The first kappa shape index (κ1) is 19.4. The SMILES string of the molecule is Cc1cc(-c2ccc(CNc3ncnc4cc(N5CCCCC5)ccc34)cn2)ccn1.